The summed E-state index contributed by atoms with van der Waals surface area (Å²) < 4.78 is 0. The molecule has 1 aliphatic rings. The molecule has 2 rings (SSSR count). The van der Waals surface area contributed by atoms with Gasteiger partial charge in [0.1, 0.15) is 0 Å². The first-order chi connectivity index (χ1) is 9.27. The van der Waals surface area contributed by atoms with E-state index in [9.17, 15) is 0 Å². The van der Waals surface area contributed by atoms with Crippen molar-refractivity contribution in [2.75, 3.05) is 25.6 Å². The van der Waals surface area contributed by atoms with Crippen LogP contribution in [-0.4, -0.2) is 36.5 Å². The lowest BCUT2D eigenvalue weighted by Gasteiger charge is -2.35. The monoisotopic (exact) mass is 278 g/mol. The molecule has 0 spiro atoms. The smallest absolute Gasteiger partial charge is 0.0363 e. The second kappa shape index (κ2) is 7.32. The van der Waals surface area contributed by atoms with Crippen LogP contribution in [-0.2, 0) is 6.54 Å². The molecular formula is C16H26N2S. The predicted octanol–water partition coefficient (Wildman–Crippen LogP) is 3.29. The van der Waals surface area contributed by atoms with Gasteiger partial charge in [-0.05, 0) is 43.8 Å². The van der Waals surface area contributed by atoms with Gasteiger partial charge in [-0.25, -0.2) is 0 Å². The summed E-state index contributed by atoms with van der Waals surface area (Å²) in [4.78, 5) is 2.60. The Morgan fingerprint density at radius 1 is 1.42 bits per heavy atom. The van der Waals surface area contributed by atoms with Crippen LogP contribution in [0, 0.1) is 0 Å². The van der Waals surface area contributed by atoms with Crippen LogP contribution in [0.1, 0.15) is 36.9 Å². The van der Waals surface area contributed by atoms with E-state index < -0.39 is 0 Å². The molecule has 2 nitrogen and oxygen atoms in total. The Morgan fingerprint density at radius 2 is 2.21 bits per heavy atom. The van der Waals surface area contributed by atoms with Gasteiger partial charge >= 0.3 is 0 Å². The Hall–Kier alpha value is -0.510. The number of hydrogen-bond donors (Lipinski definition) is 1. The molecule has 0 amide bonds. The van der Waals surface area contributed by atoms with Gasteiger partial charge in [-0.2, -0.15) is 11.8 Å². The highest BCUT2D eigenvalue weighted by atomic mass is 32.2. The van der Waals surface area contributed by atoms with E-state index in [2.05, 4.69) is 54.7 Å². The third-order valence-electron chi connectivity index (χ3n) is 4.22. The molecule has 106 valence electrons. The number of nitrogens with one attached hydrogen (secondary N) is 1. The second-order valence-corrected chi connectivity index (χ2v) is 6.27. The summed E-state index contributed by atoms with van der Waals surface area (Å²) in [5, 5.41) is 3.55. The molecule has 1 aromatic carbocycles. The number of hydrogen-bond acceptors (Lipinski definition) is 3. The third kappa shape index (κ3) is 3.53. The molecule has 0 fully saturated rings. The minimum absolute atomic E-state index is 0.559. The summed E-state index contributed by atoms with van der Waals surface area (Å²) in [6.45, 7) is 4.43. The molecule has 1 aliphatic heterocycles. The highest BCUT2D eigenvalue weighted by Gasteiger charge is 2.25. The van der Waals surface area contributed by atoms with E-state index in [1.807, 2.05) is 11.8 Å². The minimum atomic E-state index is 0.559. The number of rotatable bonds is 5. The highest BCUT2D eigenvalue weighted by Crippen LogP contribution is 2.30. The molecule has 0 saturated heterocycles. The zero-order valence-electron chi connectivity index (χ0n) is 12.4. The van der Waals surface area contributed by atoms with E-state index in [0.29, 0.717) is 12.1 Å². The molecule has 2 unspecified atom stereocenters. The van der Waals surface area contributed by atoms with Crippen LogP contribution in [0.2, 0.25) is 0 Å². The highest BCUT2D eigenvalue weighted by molar-refractivity contribution is 7.98. The first-order valence-electron chi connectivity index (χ1n) is 7.27. The molecule has 0 saturated carbocycles. The van der Waals surface area contributed by atoms with Crippen LogP contribution in [0.25, 0.3) is 0 Å². The van der Waals surface area contributed by atoms with E-state index in [-0.39, 0.29) is 0 Å². The molecule has 2 atom stereocenters. The van der Waals surface area contributed by atoms with Crippen molar-refractivity contribution in [3.05, 3.63) is 35.4 Å². The maximum absolute atomic E-state index is 3.55. The van der Waals surface area contributed by atoms with E-state index in [4.69, 9.17) is 0 Å². The molecule has 1 aromatic rings. The number of nitrogens with zero attached hydrogens (tertiary/aromatic N) is 1. The van der Waals surface area contributed by atoms with Gasteiger partial charge < -0.3 is 5.32 Å². The van der Waals surface area contributed by atoms with Crippen LogP contribution in [0.4, 0.5) is 0 Å². The molecule has 0 aromatic heterocycles. The predicted molar refractivity (Wildman–Crippen MR) is 85.7 cm³/mol. The Morgan fingerprint density at radius 3 is 2.95 bits per heavy atom. The van der Waals surface area contributed by atoms with Crippen molar-refractivity contribution in [1.82, 2.24) is 10.2 Å². The number of thioether (sulfide) groups is 1. The lowest BCUT2D eigenvalue weighted by atomic mass is 9.97. The van der Waals surface area contributed by atoms with Gasteiger partial charge in [0.05, 0.1) is 0 Å². The average Bonchev–Trinajstić information content (AvgIpc) is 2.66. The molecule has 1 N–H and O–H groups in total. The van der Waals surface area contributed by atoms with Crippen molar-refractivity contribution in [2.45, 2.75) is 38.4 Å². The number of fused-ring (bicyclic) bond motifs is 1. The fourth-order valence-corrected chi connectivity index (χ4v) is 3.89. The Kier molecular flexibility index (Phi) is 5.74. The van der Waals surface area contributed by atoms with Crippen molar-refractivity contribution in [1.29, 1.82) is 0 Å². The van der Waals surface area contributed by atoms with Crippen LogP contribution in [0.15, 0.2) is 24.3 Å². The molecule has 1 heterocycles. The van der Waals surface area contributed by atoms with Crippen molar-refractivity contribution in [2.24, 2.45) is 0 Å². The fourth-order valence-electron chi connectivity index (χ4n) is 3.03. The first kappa shape index (κ1) is 14.9. The molecule has 0 radical (unpaired) electrons. The van der Waals surface area contributed by atoms with E-state index in [0.717, 1.165) is 13.1 Å². The maximum Gasteiger partial charge on any atom is 0.0363 e. The normalized spacial score (nSPS) is 20.9. The largest absolute Gasteiger partial charge is 0.313 e. The van der Waals surface area contributed by atoms with Crippen molar-refractivity contribution < 1.29 is 0 Å². The third-order valence-corrected chi connectivity index (χ3v) is 4.94. The zero-order valence-corrected chi connectivity index (χ0v) is 13.2. The summed E-state index contributed by atoms with van der Waals surface area (Å²) in [5.41, 5.74) is 2.99. The Labute approximate surface area is 122 Å². The zero-order chi connectivity index (χ0) is 13.7. The molecule has 0 bridgehead atoms. The van der Waals surface area contributed by atoms with Crippen molar-refractivity contribution in [3.8, 4) is 0 Å². The van der Waals surface area contributed by atoms with Crippen LogP contribution >= 0.6 is 11.8 Å². The second-order valence-electron chi connectivity index (χ2n) is 5.36. The van der Waals surface area contributed by atoms with Crippen molar-refractivity contribution in [3.63, 3.8) is 0 Å². The summed E-state index contributed by atoms with van der Waals surface area (Å²) in [5.74, 6) is 1.22. The van der Waals surface area contributed by atoms with Gasteiger partial charge in [0.15, 0.2) is 0 Å². The maximum atomic E-state index is 3.55. The topological polar surface area (TPSA) is 15.3 Å². The van der Waals surface area contributed by atoms with Gasteiger partial charge in [0.25, 0.3) is 0 Å². The van der Waals surface area contributed by atoms with Crippen LogP contribution < -0.4 is 5.32 Å². The van der Waals surface area contributed by atoms with Gasteiger partial charge in [0, 0.05) is 24.4 Å². The molecular weight excluding hydrogens is 252 g/mol. The summed E-state index contributed by atoms with van der Waals surface area (Å²) in [7, 11) is 2.30. The molecule has 19 heavy (non-hydrogen) atoms. The van der Waals surface area contributed by atoms with Crippen LogP contribution in [0.5, 0.6) is 0 Å². The molecule has 3 heteroatoms. The Bertz CT molecular complexity index is 394. The number of benzene rings is 1. The van der Waals surface area contributed by atoms with Crippen LogP contribution in [0.3, 0.4) is 0 Å². The summed E-state index contributed by atoms with van der Waals surface area (Å²) in [6.07, 6.45) is 4.64. The lowest BCUT2D eigenvalue weighted by molar-refractivity contribution is 0.176. The summed E-state index contributed by atoms with van der Waals surface area (Å²) >= 11 is 1.96. The van der Waals surface area contributed by atoms with Gasteiger partial charge in [-0.1, -0.05) is 31.2 Å². The summed E-state index contributed by atoms with van der Waals surface area (Å²) in [6, 6.07) is 10.1. The van der Waals surface area contributed by atoms with E-state index >= 15 is 0 Å². The average molecular weight is 278 g/mol. The minimum Gasteiger partial charge on any atom is -0.313 e. The lowest BCUT2D eigenvalue weighted by Crippen LogP contribution is -2.37. The van der Waals surface area contributed by atoms with E-state index in [1.54, 1.807) is 0 Å². The van der Waals surface area contributed by atoms with Gasteiger partial charge in [-0.3, -0.25) is 4.90 Å². The Balaban J connectivity index is 2.23. The van der Waals surface area contributed by atoms with E-state index in [1.165, 1.54) is 29.7 Å². The SMILES string of the molecule is CCC(CSC)N(C)C1CCNCc2ccccc21. The van der Waals surface area contributed by atoms with Gasteiger partial charge in [0.2, 0.25) is 0 Å². The van der Waals surface area contributed by atoms with Gasteiger partial charge in [-0.15, -0.1) is 0 Å². The quantitative estimate of drug-likeness (QED) is 0.890. The molecule has 0 aliphatic carbocycles. The standard InChI is InChI=1S/C16H26N2S/c1-4-14(12-19-3)18(2)16-9-10-17-11-13-7-5-6-8-15(13)16/h5-8,14,16-17H,4,9-12H2,1-3H3. The van der Waals surface area contributed by atoms with Crippen molar-refractivity contribution >= 4 is 11.8 Å². The fraction of sp³-hybridized carbons (Fsp3) is 0.625. The first-order valence-corrected chi connectivity index (χ1v) is 8.66.